The van der Waals surface area contributed by atoms with Crippen LogP contribution < -0.4 is 0 Å². The summed E-state index contributed by atoms with van der Waals surface area (Å²) in [6.45, 7) is 7.13. The van der Waals surface area contributed by atoms with E-state index < -0.39 is 0 Å². The summed E-state index contributed by atoms with van der Waals surface area (Å²) >= 11 is 0. The van der Waals surface area contributed by atoms with E-state index in [0.29, 0.717) is 13.2 Å². The predicted octanol–water partition coefficient (Wildman–Crippen LogP) is 7.69. The fourth-order valence-corrected chi connectivity index (χ4v) is 4.19. The van der Waals surface area contributed by atoms with E-state index in [1.54, 1.807) is 6.08 Å². The van der Waals surface area contributed by atoms with Crippen LogP contribution in [0, 0.1) is 5.92 Å². The molecule has 0 aliphatic heterocycles. The number of hydrogen-bond acceptors (Lipinski definition) is 1. The molecule has 0 saturated heterocycles. The highest BCUT2D eigenvalue weighted by molar-refractivity contribution is 5.64. The van der Waals surface area contributed by atoms with Crippen LogP contribution in [-0.4, -0.2) is 6.61 Å². The third-order valence-corrected chi connectivity index (χ3v) is 5.89. The summed E-state index contributed by atoms with van der Waals surface area (Å²) in [5, 5.41) is 0. The second-order valence-electron chi connectivity index (χ2n) is 7.96. The summed E-state index contributed by atoms with van der Waals surface area (Å²) in [6.07, 6.45) is 14.3. The topological polar surface area (TPSA) is 9.23 Å². The minimum absolute atomic E-state index is 0.598. The highest BCUT2D eigenvalue weighted by Gasteiger charge is 2.21. The Morgan fingerprint density at radius 1 is 0.893 bits per heavy atom. The lowest BCUT2D eigenvalue weighted by molar-refractivity contribution is 0.149. The Balaban J connectivity index is 1.54. The molecule has 0 bridgehead atoms. The summed E-state index contributed by atoms with van der Waals surface area (Å²) in [5.74, 6) is 1.64. The van der Waals surface area contributed by atoms with Crippen LogP contribution in [0.4, 0.5) is 0 Å². The zero-order chi connectivity index (χ0) is 19.6. The number of allylic oxidation sites excluding steroid dienone is 2. The van der Waals surface area contributed by atoms with Gasteiger partial charge in [-0.25, -0.2) is 0 Å². The fourth-order valence-electron chi connectivity index (χ4n) is 4.19. The van der Waals surface area contributed by atoms with Gasteiger partial charge in [0.05, 0.1) is 13.2 Å². The Morgan fingerprint density at radius 3 is 2.14 bits per heavy atom. The maximum Gasteiger partial charge on any atom is 0.0721 e. The molecule has 2 aromatic carbocycles. The van der Waals surface area contributed by atoms with Crippen LogP contribution in [-0.2, 0) is 11.3 Å². The van der Waals surface area contributed by atoms with Crippen molar-refractivity contribution >= 4 is 0 Å². The van der Waals surface area contributed by atoms with Gasteiger partial charge in [0.1, 0.15) is 0 Å². The molecule has 0 atom stereocenters. The van der Waals surface area contributed by atoms with E-state index >= 15 is 0 Å². The van der Waals surface area contributed by atoms with E-state index in [1.807, 2.05) is 0 Å². The Morgan fingerprint density at radius 2 is 1.54 bits per heavy atom. The smallest absolute Gasteiger partial charge is 0.0721 e. The van der Waals surface area contributed by atoms with Crippen molar-refractivity contribution in [3.63, 3.8) is 0 Å². The number of rotatable bonds is 9. The minimum Gasteiger partial charge on any atom is -0.373 e. The summed E-state index contributed by atoms with van der Waals surface area (Å²) in [6, 6.07) is 18.0. The summed E-state index contributed by atoms with van der Waals surface area (Å²) < 4.78 is 5.51. The number of hydrogen-bond donors (Lipinski definition) is 0. The third kappa shape index (κ3) is 5.94. The van der Waals surface area contributed by atoms with E-state index in [2.05, 4.69) is 74.2 Å². The maximum absolute atomic E-state index is 5.51. The molecule has 2 aromatic rings. The molecule has 1 fully saturated rings. The average molecular weight is 375 g/mol. The maximum atomic E-state index is 5.51. The third-order valence-electron chi connectivity index (χ3n) is 5.89. The lowest BCUT2D eigenvalue weighted by Gasteiger charge is -2.28. The van der Waals surface area contributed by atoms with Crippen LogP contribution >= 0.6 is 0 Å². The molecule has 0 aromatic heterocycles. The Labute approximate surface area is 171 Å². The fraction of sp³-hybridized carbons (Fsp3) is 0.407. The van der Waals surface area contributed by atoms with Crippen molar-refractivity contribution in [1.29, 1.82) is 0 Å². The quantitative estimate of drug-likeness (QED) is 0.323. The van der Waals surface area contributed by atoms with Gasteiger partial charge in [-0.05, 0) is 72.6 Å². The molecular formula is C27H34O. The molecule has 1 saturated carbocycles. The van der Waals surface area contributed by atoms with Crippen LogP contribution in [0.25, 0.3) is 11.1 Å². The van der Waals surface area contributed by atoms with Crippen LogP contribution in [0.3, 0.4) is 0 Å². The first-order valence-electron chi connectivity index (χ1n) is 10.8. The largest absolute Gasteiger partial charge is 0.373 e. The van der Waals surface area contributed by atoms with Crippen LogP contribution in [0.1, 0.15) is 62.5 Å². The van der Waals surface area contributed by atoms with E-state index in [9.17, 15) is 0 Å². The molecule has 28 heavy (non-hydrogen) atoms. The van der Waals surface area contributed by atoms with Crippen LogP contribution in [0.5, 0.6) is 0 Å². The molecule has 0 radical (unpaired) electrons. The standard InChI is InChI=1S/C27H34O/c1-3-5-6-7-22-8-12-24(13-9-22)26-16-18-27(19-17-26)25-14-10-23(11-15-25)21-28-20-4-2/h4-6,10-11,14-19,22,24H,2-3,7-9,12-13,20-21H2,1H3/t22-,24-. The predicted molar refractivity (Wildman–Crippen MR) is 120 cm³/mol. The van der Waals surface area contributed by atoms with Crippen LogP contribution in [0.15, 0.2) is 73.3 Å². The van der Waals surface area contributed by atoms with E-state index in [4.69, 9.17) is 4.74 Å². The van der Waals surface area contributed by atoms with Crippen molar-refractivity contribution in [3.05, 3.63) is 84.5 Å². The number of benzene rings is 2. The van der Waals surface area contributed by atoms with Gasteiger partial charge in [0, 0.05) is 0 Å². The molecule has 0 spiro atoms. The monoisotopic (exact) mass is 374 g/mol. The zero-order valence-electron chi connectivity index (χ0n) is 17.3. The Bertz CT molecular complexity index is 731. The summed E-state index contributed by atoms with van der Waals surface area (Å²) in [5.41, 5.74) is 5.28. The van der Waals surface area contributed by atoms with Gasteiger partial charge >= 0.3 is 0 Å². The van der Waals surface area contributed by atoms with Gasteiger partial charge in [-0.3, -0.25) is 0 Å². The minimum atomic E-state index is 0.598. The molecular weight excluding hydrogens is 340 g/mol. The van der Waals surface area contributed by atoms with Crippen molar-refractivity contribution in [3.8, 4) is 11.1 Å². The zero-order valence-corrected chi connectivity index (χ0v) is 17.3. The van der Waals surface area contributed by atoms with Gasteiger partial charge < -0.3 is 4.74 Å². The van der Waals surface area contributed by atoms with Crippen LogP contribution in [0.2, 0.25) is 0 Å². The molecule has 148 valence electrons. The normalized spacial score (nSPS) is 19.8. The van der Waals surface area contributed by atoms with Gasteiger partial charge in [0.25, 0.3) is 0 Å². The average Bonchev–Trinajstić information content (AvgIpc) is 2.75. The first-order chi connectivity index (χ1) is 13.8. The first kappa shape index (κ1) is 20.6. The highest BCUT2D eigenvalue weighted by atomic mass is 16.5. The Hall–Kier alpha value is -2.12. The molecule has 0 amide bonds. The molecule has 0 unspecified atom stereocenters. The van der Waals surface area contributed by atoms with Gasteiger partial charge in [0.2, 0.25) is 0 Å². The molecule has 1 aliphatic rings. The molecule has 1 nitrogen and oxygen atoms in total. The second kappa shape index (κ2) is 11.0. The summed E-state index contributed by atoms with van der Waals surface area (Å²) in [4.78, 5) is 0. The number of ether oxygens (including phenoxy) is 1. The van der Waals surface area contributed by atoms with Crippen molar-refractivity contribution in [2.45, 2.75) is 58.0 Å². The lowest BCUT2D eigenvalue weighted by atomic mass is 9.77. The molecule has 0 N–H and O–H groups in total. The van der Waals surface area contributed by atoms with E-state index in [1.165, 1.54) is 54.4 Å². The molecule has 3 rings (SSSR count). The van der Waals surface area contributed by atoms with Gasteiger partial charge in [0.15, 0.2) is 0 Å². The van der Waals surface area contributed by atoms with E-state index in [-0.39, 0.29) is 0 Å². The van der Waals surface area contributed by atoms with E-state index in [0.717, 1.165) is 18.3 Å². The molecule has 0 heterocycles. The summed E-state index contributed by atoms with van der Waals surface area (Å²) in [7, 11) is 0. The first-order valence-corrected chi connectivity index (χ1v) is 10.8. The van der Waals surface area contributed by atoms with Crippen molar-refractivity contribution in [1.82, 2.24) is 0 Å². The molecule has 1 heteroatoms. The molecule has 1 aliphatic carbocycles. The van der Waals surface area contributed by atoms with Gasteiger partial charge in [-0.1, -0.05) is 73.7 Å². The van der Waals surface area contributed by atoms with Crippen molar-refractivity contribution in [2.24, 2.45) is 5.92 Å². The second-order valence-corrected chi connectivity index (χ2v) is 7.96. The van der Waals surface area contributed by atoms with Gasteiger partial charge in [-0.15, -0.1) is 6.58 Å². The lowest BCUT2D eigenvalue weighted by Crippen LogP contribution is -2.12. The highest BCUT2D eigenvalue weighted by Crippen LogP contribution is 2.37. The van der Waals surface area contributed by atoms with Crippen molar-refractivity contribution in [2.75, 3.05) is 6.61 Å². The SMILES string of the molecule is C=CCOCc1ccc(-c2ccc([C@H]3CC[C@H](CC=CCC)CC3)cc2)cc1. The van der Waals surface area contributed by atoms with Crippen molar-refractivity contribution < 1.29 is 4.74 Å². The Kier molecular flexibility index (Phi) is 8.11. The van der Waals surface area contributed by atoms with Gasteiger partial charge in [-0.2, -0.15) is 0 Å².